The number of carbonyl (C=O) groups excluding carboxylic acids is 3. The molecule has 0 radical (unpaired) electrons. The lowest BCUT2D eigenvalue weighted by Crippen LogP contribution is -2.30. The van der Waals surface area contributed by atoms with Crippen molar-refractivity contribution in [1.29, 1.82) is 0 Å². The summed E-state index contributed by atoms with van der Waals surface area (Å²) in [7, 11) is 0. The van der Waals surface area contributed by atoms with E-state index < -0.39 is 6.10 Å². The van der Waals surface area contributed by atoms with Gasteiger partial charge < -0.3 is 19.8 Å². The molecule has 2 N–H and O–H groups in total. The number of Topliss-reactive ketones (excluding diaryl/α,β-unsaturated/α-hetero) is 1. The molecule has 1 atom stereocenters. The second-order valence-corrected chi connectivity index (χ2v) is 6.34. The van der Waals surface area contributed by atoms with Crippen LogP contribution in [0.4, 0.5) is 11.4 Å². The molecule has 2 aromatic carbocycles. The molecule has 1 unspecified atom stereocenters. The van der Waals surface area contributed by atoms with Gasteiger partial charge in [-0.1, -0.05) is 6.07 Å². The van der Waals surface area contributed by atoms with Crippen LogP contribution >= 0.6 is 0 Å². The zero-order valence-corrected chi connectivity index (χ0v) is 16.0. The van der Waals surface area contributed by atoms with Crippen LogP contribution < -0.4 is 15.4 Å². The molecule has 148 valence electrons. The van der Waals surface area contributed by atoms with Crippen molar-refractivity contribution in [2.45, 2.75) is 20.0 Å². The molecule has 1 aromatic heterocycles. The summed E-state index contributed by atoms with van der Waals surface area (Å²) in [5.41, 5.74) is 1.59. The maximum Gasteiger partial charge on any atom is 0.291 e. The predicted octanol–water partition coefficient (Wildman–Crippen LogP) is 4.14. The van der Waals surface area contributed by atoms with E-state index in [9.17, 15) is 14.4 Å². The number of hydrogen-bond donors (Lipinski definition) is 2. The summed E-state index contributed by atoms with van der Waals surface area (Å²) in [6.07, 6.45) is 0.653. The average molecular weight is 392 g/mol. The maximum absolute atomic E-state index is 12.4. The summed E-state index contributed by atoms with van der Waals surface area (Å²) in [6, 6.07) is 16.5. The first-order chi connectivity index (χ1) is 13.9. The number of amides is 2. The third kappa shape index (κ3) is 5.32. The lowest BCUT2D eigenvalue weighted by molar-refractivity contribution is -0.122. The topological polar surface area (TPSA) is 97.6 Å². The van der Waals surface area contributed by atoms with Gasteiger partial charge in [-0.15, -0.1) is 0 Å². The van der Waals surface area contributed by atoms with E-state index in [2.05, 4.69) is 10.6 Å². The Kier molecular flexibility index (Phi) is 6.09. The van der Waals surface area contributed by atoms with Crippen LogP contribution in [0, 0.1) is 0 Å². The fourth-order valence-corrected chi connectivity index (χ4v) is 2.54. The van der Waals surface area contributed by atoms with E-state index in [1.165, 1.54) is 13.2 Å². The quantitative estimate of drug-likeness (QED) is 0.589. The van der Waals surface area contributed by atoms with Crippen LogP contribution in [-0.2, 0) is 4.79 Å². The van der Waals surface area contributed by atoms with Crippen molar-refractivity contribution in [3.8, 4) is 5.75 Å². The summed E-state index contributed by atoms with van der Waals surface area (Å²) in [5, 5.41) is 5.45. The van der Waals surface area contributed by atoms with Gasteiger partial charge in [0.15, 0.2) is 17.6 Å². The van der Waals surface area contributed by atoms with Gasteiger partial charge in [0, 0.05) is 16.9 Å². The van der Waals surface area contributed by atoms with Crippen LogP contribution in [0.25, 0.3) is 0 Å². The SMILES string of the molecule is CC(=O)c1ccc(OC(C)C(=O)Nc2cccc(NC(=O)c3ccco3)c2)cc1. The molecule has 0 aliphatic rings. The summed E-state index contributed by atoms with van der Waals surface area (Å²) in [4.78, 5) is 35.8. The fourth-order valence-electron chi connectivity index (χ4n) is 2.54. The minimum Gasteiger partial charge on any atom is -0.481 e. The van der Waals surface area contributed by atoms with E-state index in [0.717, 1.165) is 0 Å². The van der Waals surface area contributed by atoms with E-state index >= 15 is 0 Å². The Morgan fingerprint density at radius 1 is 0.931 bits per heavy atom. The highest BCUT2D eigenvalue weighted by molar-refractivity contribution is 6.03. The monoisotopic (exact) mass is 392 g/mol. The first-order valence-corrected chi connectivity index (χ1v) is 8.96. The summed E-state index contributed by atoms with van der Waals surface area (Å²) in [6.45, 7) is 3.11. The van der Waals surface area contributed by atoms with E-state index in [-0.39, 0.29) is 23.4 Å². The van der Waals surface area contributed by atoms with E-state index in [0.29, 0.717) is 22.7 Å². The number of furan rings is 1. The minimum atomic E-state index is -0.764. The van der Waals surface area contributed by atoms with Gasteiger partial charge in [0.1, 0.15) is 5.75 Å². The molecule has 0 fully saturated rings. The second-order valence-electron chi connectivity index (χ2n) is 6.34. The number of nitrogens with one attached hydrogen (secondary N) is 2. The Balaban J connectivity index is 1.59. The summed E-state index contributed by atoms with van der Waals surface area (Å²) >= 11 is 0. The van der Waals surface area contributed by atoms with Crippen LogP contribution in [0.3, 0.4) is 0 Å². The fraction of sp³-hybridized carbons (Fsp3) is 0.136. The van der Waals surface area contributed by atoms with Crippen molar-refractivity contribution >= 4 is 29.0 Å². The van der Waals surface area contributed by atoms with Gasteiger partial charge in [0.25, 0.3) is 11.8 Å². The molecule has 0 saturated carbocycles. The molecule has 7 heteroatoms. The average Bonchev–Trinajstić information content (AvgIpc) is 3.23. The molecule has 1 heterocycles. The van der Waals surface area contributed by atoms with Gasteiger partial charge in [0.2, 0.25) is 0 Å². The van der Waals surface area contributed by atoms with Gasteiger partial charge in [-0.25, -0.2) is 0 Å². The second kappa shape index (κ2) is 8.88. The third-order valence-corrected chi connectivity index (χ3v) is 4.08. The Labute approximate surface area is 167 Å². The number of rotatable bonds is 7. The lowest BCUT2D eigenvalue weighted by Gasteiger charge is -2.15. The zero-order chi connectivity index (χ0) is 20.8. The predicted molar refractivity (Wildman–Crippen MR) is 108 cm³/mol. The van der Waals surface area contributed by atoms with Gasteiger partial charge in [-0.2, -0.15) is 0 Å². The van der Waals surface area contributed by atoms with Crippen molar-refractivity contribution in [1.82, 2.24) is 0 Å². The minimum absolute atomic E-state index is 0.0404. The van der Waals surface area contributed by atoms with E-state index in [4.69, 9.17) is 9.15 Å². The number of ether oxygens (including phenoxy) is 1. The molecule has 0 aliphatic carbocycles. The molecule has 0 aliphatic heterocycles. The van der Waals surface area contributed by atoms with Crippen LogP contribution in [-0.4, -0.2) is 23.7 Å². The molecular weight excluding hydrogens is 372 g/mol. The normalized spacial score (nSPS) is 11.4. The van der Waals surface area contributed by atoms with Crippen LogP contribution in [0.2, 0.25) is 0 Å². The maximum atomic E-state index is 12.4. The molecule has 29 heavy (non-hydrogen) atoms. The van der Waals surface area contributed by atoms with Crippen molar-refractivity contribution in [2.75, 3.05) is 10.6 Å². The third-order valence-electron chi connectivity index (χ3n) is 4.08. The van der Waals surface area contributed by atoms with Gasteiger partial charge in [0.05, 0.1) is 6.26 Å². The standard InChI is InChI=1S/C22H20N2O5/c1-14(25)16-8-10-19(11-9-16)29-15(2)21(26)23-17-5-3-6-18(13-17)24-22(27)20-7-4-12-28-20/h3-13,15H,1-2H3,(H,23,26)(H,24,27). The van der Waals surface area contributed by atoms with Crippen LogP contribution in [0.15, 0.2) is 71.3 Å². The van der Waals surface area contributed by atoms with Crippen molar-refractivity contribution in [3.05, 3.63) is 78.3 Å². The molecule has 0 bridgehead atoms. The lowest BCUT2D eigenvalue weighted by atomic mass is 10.1. The smallest absolute Gasteiger partial charge is 0.291 e. The highest BCUT2D eigenvalue weighted by Crippen LogP contribution is 2.18. The van der Waals surface area contributed by atoms with Crippen molar-refractivity contribution < 1.29 is 23.5 Å². The van der Waals surface area contributed by atoms with Gasteiger partial charge >= 0.3 is 0 Å². The number of benzene rings is 2. The highest BCUT2D eigenvalue weighted by Gasteiger charge is 2.16. The van der Waals surface area contributed by atoms with Crippen LogP contribution in [0.5, 0.6) is 5.75 Å². The van der Waals surface area contributed by atoms with E-state index in [1.54, 1.807) is 67.6 Å². The molecule has 2 amide bonds. The largest absolute Gasteiger partial charge is 0.481 e. The first kappa shape index (κ1) is 19.9. The molecular formula is C22H20N2O5. The van der Waals surface area contributed by atoms with Gasteiger partial charge in [-0.3, -0.25) is 14.4 Å². The molecule has 0 spiro atoms. The Hall–Kier alpha value is -3.87. The molecule has 3 aromatic rings. The molecule has 0 saturated heterocycles. The number of ketones is 1. The summed E-state index contributed by atoms with van der Waals surface area (Å²) in [5.74, 6) is -0.102. The molecule has 7 nitrogen and oxygen atoms in total. The first-order valence-electron chi connectivity index (χ1n) is 8.96. The summed E-state index contributed by atoms with van der Waals surface area (Å²) < 4.78 is 10.7. The number of hydrogen-bond acceptors (Lipinski definition) is 5. The number of carbonyl (C=O) groups is 3. The zero-order valence-electron chi connectivity index (χ0n) is 16.0. The van der Waals surface area contributed by atoms with Gasteiger partial charge in [-0.05, 0) is 68.4 Å². The Morgan fingerprint density at radius 3 is 2.24 bits per heavy atom. The molecule has 3 rings (SSSR count). The van der Waals surface area contributed by atoms with E-state index in [1.807, 2.05) is 0 Å². The highest BCUT2D eigenvalue weighted by atomic mass is 16.5. The number of anilines is 2. The Bertz CT molecular complexity index is 1010. The Morgan fingerprint density at radius 2 is 1.62 bits per heavy atom. The van der Waals surface area contributed by atoms with Crippen molar-refractivity contribution in [2.24, 2.45) is 0 Å². The van der Waals surface area contributed by atoms with Crippen LogP contribution in [0.1, 0.15) is 34.8 Å². The van der Waals surface area contributed by atoms with Crippen molar-refractivity contribution in [3.63, 3.8) is 0 Å².